The molecule has 0 amide bonds. The molecule has 0 saturated carbocycles. The highest BCUT2D eigenvalue weighted by Crippen LogP contribution is 1.97. The first-order chi connectivity index (χ1) is 5.24. The third-order valence-electron chi connectivity index (χ3n) is 1.80. The van der Waals surface area contributed by atoms with Crippen molar-refractivity contribution in [1.29, 1.82) is 0 Å². The first kappa shape index (κ1) is 10.9. The molecule has 0 aromatic heterocycles. The molecule has 2 nitrogen and oxygen atoms in total. The maximum absolute atomic E-state index is 4.54. The molecular formula is C9H21N2. The Morgan fingerprint density at radius 1 is 1.18 bits per heavy atom. The van der Waals surface area contributed by atoms with Crippen molar-refractivity contribution in [3.05, 3.63) is 0 Å². The van der Waals surface area contributed by atoms with E-state index in [4.69, 9.17) is 0 Å². The highest BCUT2D eigenvalue weighted by molar-refractivity contribution is 4.56. The molecule has 0 aliphatic rings. The largest absolute Gasteiger partial charge is 0.227 e. The first-order valence-corrected chi connectivity index (χ1v) is 4.70. The molecule has 0 fully saturated rings. The summed E-state index contributed by atoms with van der Waals surface area (Å²) in [5, 5.41) is 2.13. The molecule has 0 spiro atoms. The fourth-order valence-corrected chi connectivity index (χ4v) is 1.14. The maximum atomic E-state index is 4.54. The minimum absolute atomic E-state index is 0.500. The van der Waals surface area contributed by atoms with E-state index in [0.717, 1.165) is 13.1 Å². The van der Waals surface area contributed by atoms with Crippen LogP contribution in [0.15, 0.2) is 0 Å². The van der Waals surface area contributed by atoms with Gasteiger partial charge in [-0.25, -0.2) is 5.01 Å². The standard InChI is InChI=1S/C9H21N2/c1-5-8-9(4)10-11(6-2)7-3/h9H,5-8H2,1-4H3. The van der Waals surface area contributed by atoms with Crippen molar-refractivity contribution in [3.63, 3.8) is 0 Å². The van der Waals surface area contributed by atoms with Crippen molar-refractivity contribution in [2.24, 2.45) is 0 Å². The predicted octanol–water partition coefficient (Wildman–Crippen LogP) is 2.04. The molecule has 0 aliphatic heterocycles. The molecule has 1 unspecified atom stereocenters. The monoisotopic (exact) mass is 157 g/mol. The van der Waals surface area contributed by atoms with Crippen LogP contribution in [-0.4, -0.2) is 24.1 Å². The molecule has 1 radical (unpaired) electrons. The Labute approximate surface area is 70.9 Å². The van der Waals surface area contributed by atoms with E-state index in [2.05, 4.69) is 38.1 Å². The summed E-state index contributed by atoms with van der Waals surface area (Å²) in [5.41, 5.74) is 4.54. The Morgan fingerprint density at radius 2 is 1.73 bits per heavy atom. The van der Waals surface area contributed by atoms with Crippen LogP contribution in [-0.2, 0) is 0 Å². The van der Waals surface area contributed by atoms with Gasteiger partial charge in [-0.1, -0.05) is 27.2 Å². The van der Waals surface area contributed by atoms with E-state index in [-0.39, 0.29) is 0 Å². The fourth-order valence-electron chi connectivity index (χ4n) is 1.14. The second-order valence-electron chi connectivity index (χ2n) is 2.89. The number of rotatable bonds is 6. The van der Waals surface area contributed by atoms with E-state index in [1.165, 1.54) is 12.8 Å². The highest BCUT2D eigenvalue weighted by atomic mass is 15.5. The SMILES string of the molecule is CCCC(C)[N]N(CC)CC. The van der Waals surface area contributed by atoms with Gasteiger partial charge in [0.15, 0.2) is 0 Å². The summed E-state index contributed by atoms with van der Waals surface area (Å²) in [6.07, 6.45) is 2.43. The molecule has 0 aromatic rings. The zero-order valence-electron chi connectivity index (χ0n) is 8.30. The topological polar surface area (TPSA) is 17.3 Å². The Balaban J connectivity index is 3.44. The maximum Gasteiger partial charge on any atom is 0.0390 e. The summed E-state index contributed by atoms with van der Waals surface area (Å²) in [7, 11) is 0. The van der Waals surface area contributed by atoms with Gasteiger partial charge in [0.05, 0.1) is 0 Å². The van der Waals surface area contributed by atoms with E-state index in [1.54, 1.807) is 0 Å². The lowest BCUT2D eigenvalue weighted by molar-refractivity contribution is 0.167. The summed E-state index contributed by atoms with van der Waals surface area (Å²) in [4.78, 5) is 0. The summed E-state index contributed by atoms with van der Waals surface area (Å²) >= 11 is 0. The van der Waals surface area contributed by atoms with Crippen LogP contribution in [0.4, 0.5) is 0 Å². The molecular weight excluding hydrogens is 136 g/mol. The van der Waals surface area contributed by atoms with Crippen molar-refractivity contribution in [3.8, 4) is 0 Å². The van der Waals surface area contributed by atoms with Crippen molar-refractivity contribution in [2.45, 2.75) is 46.6 Å². The summed E-state index contributed by atoms with van der Waals surface area (Å²) < 4.78 is 0. The number of hydrogen-bond acceptors (Lipinski definition) is 1. The van der Waals surface area contributed by atoms with Crippen LogP contribution < -0.4 is 5.43 Å². The van der Waals surface area contributed by atoms with Crippen molar-refractivity contribution < 1.29 is 0 Å². The average molecular weight is 157 g/mol. The van der Waals surface area contributed by atoms with Gasteiger partial charge in [0, 0.05) is 19.1 Å². The Kier molecular flexibility index (Phi) is 6.57. The lowest BCUT2D eigenvalue weighted by Crippen LogP contribution is -2.36. The third-order valence-corrected chi connectivity index (χ3v) is 1.80. The van der Waals surface area contributed by atoms with Crippen LogP contribution in [0.3, 0.4) is 0 Å². The molecule has 0 aliphatic carbocycles. The van der Waals surface area contributed by atoms with Crippen molar-refractivity contribution in [1.82, 2.24) is 10.4 Å². The lowest BCUT2D eigenvalue weighted by atomic mass is 10.2. The van der Waals surface area contributed by atoms with Crippen LogP contribution in [0, 0.1) is 0 Å². The van der Waals surface area contributed by atoms with Crippen molar-refractivity contribution in [2.75, 3.05) is 13.1 Å². The Morgan fingerprint density at radius 3 is 2.09 bits per heavy atom. The summed E-state index contributed by atoms with van der Waals surface area (Å²) in [6.45, 7) is 10.7. The molecule has 11 heavy (non-hydrogen) atoms. The van der Waals surface area contributed by atoms with Gasteiger partial charge in [-0.05, 0) is 13.3 Å². The Bertz CT molecular complexity index is 79.6. The predicted molar refractivity (Wildman–Crippen MR) is 49.4 cm³/mol. The minimum atomic E-state index is 0.500. The molecule has 2 heteroatoms. The van der Waals surface area contributed by atoms with Gasteiger partial charge in [0.2, 0.25) is 0 Å². The van der Waals surface area contributed by atoms with Crippen LogP contribution in [0.1, 0.15) is 40.5 Å². The molecule has 0 bridgehead atoms. The summed E-state index contributed by atoms with van der Waals surface area (Å²) in [6, 6.07) is 0.500. The van der Waals surface area contributed by atoms with Gasteiger partial charge in [-0.2, -0.15) is 5.43 Å². The van der Waals surface area contributed by atoms with E-state index in [9.17, 15) is 0 Å². The quantitative estimate of drug-likeness (QED) is 0.539. The number of hydrogen-bond donors (Lipinski definition) is 0. The molecule has 67 valence electrons. The van der Waals surface area contributed by atoms with Crippen LogP contribution in [0.5, 0.6) is 0 Å². The second kappa shape index (κ2) is 6.62. The van der Waals surface area contributed by atoms with Gasteiger partial charge < -0.3 is 0 Å². The van der Waals surface area contributed by atoms with E-state index < -0.39 is 0 Å². The number of nitrogens with zero attached hydrogens (tertiary/aromatic N) is 2. The molecule has 0 aromatic carbocycles. The zero-order valence-corrected chi connectivity index (χ0v) is 8.30. The molecule has 0 heterocycles. The van der Waals surface area contributed by atoms with E-state index in [0.29, 0.717) is 6.04 Å². The fraction of sp³-hybridized carbons (Fsp3) is 1.00. The van der Waals surface area contributed by atoms with Crippen molar-refractivity contribution >= 4 is 0 Å². The average Bonchev–Trinajstić information content (AvgIpc) is 2.01. The van der Waals surface area contributed by atoms with E-state index in [1.807, 2.05) is 0 Å². The minimum Gasteiger partial charge on any atom is -0.227 e. The van der Waals surface area contributed by atoms with Gasteiger partial charge in [-0.3, -0.25) is 0 Å². The lowest BCUT2D eigenvalue weighted by Gasteiger charge is -2.21. The smallest absolute Gasteiger partial charge is 0.0390 e. The van der Waals surface area contributed by atoms with Gasteiger partial charge in [0.25, 0.3) is 0 Å². The third kappa shape index (κ3) is 5.22. The van der Waals surface area contributed by atoms with Gasteiger partial charge in [-0.15, -0.1) is 0 Å². The van der Waals surface area contributed by atoms with Crippen LogP contribution in [0.25, 0.3) is 0 Å². The zero-order chi connectivity index (χ0) is 8.69. The molecule has 0 saturated heterocycles. The van der Waals surface area contributed by atoms with E-state index >= 15 is 0 Å². The second-order valence-corrected chi connectivity index (χ2v) is 2.89. The molecule has 1 atom stereocenters. The highest BCUT2D eigenvalue weighted by Gasteiger charge is 2.05. The molecule has 0 rings (SSSR count). The van der Waals surface area contributed by atoms with Gasteiger partial charge >= 0.3 is 0 Å². The Hall–Kier alpha value is -0.0800. The van der Waals surface area contributed by atoms with Crippen LogP contribution in [0.2, 0.25) is 0 Å². The normalized spacial score (nSPS) is 13.9. The molecule has 0 N–H and O–H groups in total. The summed E-state index contributed by atoms with van der Waals surface area (Å²) in [5.74, 6) is 0. The van der Waals surface area contributed by atoms with Crippen LogP contribution >= 0.6 is 0 Å². The van der Waals surface area contributed by atoms with Gasteiger partial charge in [0.1, 0.15) is 0 Å². The first-order valence-electron chi connectivity index (χ1n) is 4.70.